The van der Waals surface area contributed by atoms with Gasteiger partial charge in [0.2, 0.25) is 0 Å². The van der Waals surface area contributed by atoms with E-state index in [2.05, 4.69) is 26.5 Å². The van der Waals surface area contributed by atoms with Gasteiger partial charge in [-0.05, 0) is 17.9 Å². The molecule has 1 rings (SSSR count). The van der Waals surface area contributed by atoms with E-state index in [-0.39, 0.29) is 5.92 Å². The molecule has 0 saturated heterocycles. The van der Waals surface area contributed by atoms with E-state index in [9.17, 15) is 5.26 Å². The summed E-state index contributed by atoms with van der Waals surface area (Å²) in [5.41, 5.74) is 0.658. The van der Waals surface area contributed by atoms with Gasteiger partial charge < -0.3 is 0 Å². The molecule has 78 valence electrons. The third kappa shape index (κ3) is 2.10. The van der Waals surface area contributed by atoms with Crippen LogP contribution in [-0.4, -0.2) is 0 Å². The Hall–Kier alpha value is -1.55. The first-order valence-electron chi connectivity index (χ1n) is 5.25. The van der Waals surface area contributed by atoms with Crippen LogP contribution in [0.5, 0.6) is 0 Å². The van der Waals surface area contributed by atoms with Gasteiger partial charge in [-0.15, -0.1) is 6.58 Å². The maximum atomic E-state index is 9.43. The van der Waals surface area contributed by atoms with Gasteiger partial charge in [-0.1, -0.05) is 50.3 Å². The van der Waals surface area contributed by atoms with Crippen LogP contribution < -0.4 is 0 Å². The lowest BCUT2D eigenvalue weighted by Crippen LogP contribution is -2.29. The molecule has 1 nitrogen and oxygen atoms in total. The van der Waals surface area contributed by atoms with Crippen molar-refractivity contribution in [3.05, 3.63) is 48.6 Å². The molecule has 1 aromatic rings. The molecule has 0 aromatic heterocycles. The summed E-state index contributed by atoms with van der Waals surface area (Å²) in [6.45, 7) is 7.92. The van der Waals surface area contributed by atoms with E-state index in [1.54, 1.807) is 0 Å². The molecule has 0 radical (unpaired) electrons. The quantitative estimate of drug-likeness (QED) is 0.678. The summed E-state index contributed by atoms with van der Waals surface area (Å²) in [6.07, 6.45) is 2.53. The highest BCUT2D eigenvalue weighted by Crippen LogP contribution is 2.35. The van der Waals surface area contributed by atoms with E-state index in [0.29, 0.717) is 6.42 Å². The second kappa shape index (κ2) is 4.79. The van der Waals surface area contributed by atoms with Crippen LogP contribution in [0.25, 0.3) is 0 Å². The molecule has 0 heterocycles. The number of allylic oxidation sites excluding steroid dienone is 1. The van der Waals surface area contributed by atoms with Gasteiger partial charge in [-0.2, -0.15) is 5.26 Å². The van der Waals surface area contributed by atoms with Crippen molar-refractivity contribution in [3.8, 4) is 6.07 Å². The molecule has 1 heteroatoms. The summed E-state index contributed by atoms with van der Waals surface area (Å²) in [6, 6.07) is 12.4. The lowest BCUT2D eigenvalue weighted by Gasteiger charge is -2.30. The molecule has 0 bridgehead atoms. The lowest BCUT2D eigenvalue weighted by atomic mass is 9.70. The molecule has 0 N–H and O–H groups in total. The minimum Gasteiger partial charge on any atom is -0.197 e. The van der Waals surface area contributed by atoms with Crippen molar-refractivity contribution < 1.29 is 0 Å². The number of benzene rings is 1. The molecular formula is C14H17N. The summed E-state index contributed by atoms with van der Waals surface area (Å²) >= 11 is 0. The fourth-order valence-electron chi connectivity index (χ4n) is 1.89. The number of nitrogens with zero attached hydrogens (tertiary/aromatic N) is 1. The highest BCUT2D eigenvalue weighted by atomic mass is 14.4. The monoisotopic (exact) mass is 199 g/mol. The number of hydrogen-bond donors (Lipinski definition) is 0. The van der Waals surface area contributed by atoms with Crippen LogP contribution >= 0.6 is 0 Å². The van der Waals surface area contributed by atoms with E-state index in [4.69, 9.17) is 0 Å². The van der Waals surface area contributed by atoms with E-state index >= 15 is 0 Å². The second-order valence-electron chi connectivity index (χ2n) is 4.10. The molecule has 0 aliphatic heterocycles. The van der Waals surface area contributed by atoms with Crippen LogP contribution in [-0.2, 0) is 5.41 Å². The van der Waals surface area contributed by atoms with Crippen molar-refractivity contribution in [1.82, 2.24) is 0 Å². The largest absolute Gasteiger partial charge is 0.197 e. The third-order valence-electron chi connectivity index (χ3n) is 2.94. The van der Waals surface area contributed by atoms with Crippen LogP contribution in [0.3, 0.4) is 0 Å². The Morgan fingerprint density at radius 2 is 2.00 bits per heavy atom. The molecule has 0 spiro atoms. The molecule has 0 aliphatic carbocycles. The molecule has 0 aliphatic rings. The summed E-state index contributed by atoms with van der Waals surface area (Å²) in [4.78, 5) is 0. The Balaban J connectivity index is 3.23. The minimum absolute atomic E-state index is 0.280. The zero-order valence-electron chi connectivity index (χ0n) is 9.40. The van der Waals surface area contributed by atoms with Crippen molar-refractivity contribution in [3.63, 3.8) is 0 Å². The van der Waals surface area contributed by atoms with Gasteiger partial charge >= 0.3 is 0 Å². The first-order valence-corrected chi connectivity index (χ1v) is 5.25. The van der Waals surface area contributed by atoms with Crippen molar-refractivity contribution in [2.45, 2.75) is 25.7 Å². The molecule has 0 saturated carbocycles. The van der Waals surface area contributed by atoms with Crippen LogP contribution in [0.15, 0.2) is 43.0 Å². The molecule has 1 aromatic carbocycles. The fourth-order valence-corrected chi connectivity index (χ4v) is 1.89. The fraction of sp³-hybridized carbons (Fsp3) is 0.357. The molecule has 0 amide bonds. The molecule has 0 fully saturated rings. The zero-order chi connectivity index (χ0) is 11.3. The van der Waals surface area contributed by atoms with E-state index < -0.39 is 5.41 Å². The summed E-state index contributed by atoms with van der Waals surface area (Å²) in [5, 5.41) is 9.43. The van der Waals surface area contributed by atoms with E-state index in [1.165, 1.54) is 0 Å². The van der Waals surface area contributed by atoms with Crippen molar-refractivity contribution in [1.29, 1.82) is 5.26 Å². The number of hydrogen-bond acceptors (Lipinski definition) is 1. The maximum absolute atomic E-state index is 9.43. The van der Waals surface area contributed by atoms with Crippen LogP contribution in [0.1, 0.15) is 25.8 Å². The van der Waals surface area contributed by atoms with Gasteiger partial charge in [-0.25, -0.2) is 0 Å². The van der Waals surface area contributed by atoms with Gasteiger partial charge in [0, 0.05) is 0 Å². The average molecular weight is 199 g/mol. The second-order valence-corrected chi connectivity index (χ2v) is 4.10. The lowest BCUT2D eigenvalue weighted by molar-refractivity contribution is 0.399. The highest BCUT2D eigenvalue weighted by molar-refractivity contribution is 5.34. The molecule has 1 atom stereocenters. The van der Waals surface area contributed by atoms with E-state index in [1.807, 2.05) is 36.4 Å². The van der Waals surface area contributed by atoms with Crippen molar-refractivity contribution in [2.24, 2.45) is 5.92 Å². The molecular weight excluding hydrogens is 182 g/mol. The molecule has 15 heavy (non-hydrogen) atoms. The van der Waals surface area contributed by atoms with Gasteiger partial charge in [0.1, 0.15) is 0 Å². The smallest absolute Gasteiger partial charge is 0.0879 e. The minimum atomic E-state index is -0.428. The Morgan fingerprint density at radius 3 is 2.40 bits per heavy atom. The van der Waals surface area contributed by atoms with Crippen LogP contribution in [0.4, 0.5) is 0 Å². The maximum Gasteiger partial charge on any atom is 0.0879 e. The Bertz CT molecular complexity index is 359. The molecule has 0 unspecified atom stereocenters. The summed E-state index contributed by atoms with van der Waals surface area (Å²) < 4.78 is 0. The van der Waals surface area contributed by atoms with Gasteiger partial charge in [0.05, 0.1) is 11.5 Å². The van der Waals surface area contributed by atoms with Crippen LogP contribution in [0, 0.1) is 17.2 Å². The number of rotatable bonds is 4. The third-order valence-corrected chi connectivity index (χ3v) is 2.94. The Labute approximate surface area is 92.1 Å². The van der Waals surface area contributed by atoms with Crippen molar-refractivity contribution in [2.75, 3.05) is 0 Å². The average Bonchev–Trinajstić information content (AvgIpc) is 2.26. The van der Waals surface area contributed by atoms with Crippen molar-refractivity contribution >= 4 is 0 Å². The van der Waals surface area contributed by atoms with Gasteiger partial charge in [0.25, 0.3) is 0 Å². The highest BCUT2D eigenvalue weighted by Gasteiger charge is 2.34. The van der Waals surface area contributed by atoms with E-state index in [0.717, 1.165) is 5.56 Å². The number of nitriles is 1. The predicted molar refractivity (Wildman–Crippen MR) is 63.4 cm³/mol. The SMILES string of the molecule is C=CC[C@@](C#N)(c1ccccc1)C(C)C. The summed E-state index contributed by atoms with van der Waals surface area (Å²) in [7, 11) is 0. The topological polar surface area (TPSA) is 23.8 Å². The Morgan fingerprint density at radius 1 is 1.40 bits per heavy atom. The van der Waals surface area contributed by atoms with Gasteiger partial charge in [-0.3, -0.25) is 0 Å². The standard InChI is InChI=1S/C14H17N/c1-4-10-14(11-15,12(2)3)13-8-6-5-7-9-13/h4-9,12H,1,10H2,2-3H3/t14-/m0/s1. The first-order chi connectivity index (χ1) is 7.17. The zero-order valence-corrected chi connectivity index (χ0v) is 9.40. The Kier molecular flexibility index (Phi) is 3.68. The van der Waals surface area contributed by atoms with Gasteiger partial charge in [0.15, 0.2) is 0 Å². The first kappa shape index (κ1) is 11.5. The summed E-state index contributed by atoms with van der Waals surface area (Å²) in [5.74, 6) is 0.280. The normalized spacial score (nSPS) is 14.3. The predicted octanol–water partition coefficient (Wildman–Crippen LogP) is 3.68. The van der Waals surface area contributed by atoms with Crippen LogP contribution in [0.2, 0.25) is 0 Å².